The molecule has 0 spiro atoms. The molecule has 1 aliphatic heterocycles. The van der Waals surface area contributed by atoms with Crippen LogP contribution in [0.4, 0.5) is 0 Å². The lowest BCUT2D eigenvalue weighted by Crippen LogP contribution is -2.28. The highest BCUT2D eigenvalue weighted by Crippen LogP contribution is 2.33. The van der Waals surface area contributed by atoms with Gasteiger partial charge in [0.1, 0.15) is 0 Å². The van der Waals surface area contributed by atoms with Crippen LogP contribution < -0.4 is 0 Å². The Kier molecular flexibility index (Phi) is 4.54. The van der Waals surface area contributed by atoms with Crippen LogP contribution in [-0.4, -0.2) is 25.3 Å². The van der Waals surface area contributed by atoms with Crippen molar-refractivity contribution in [2.24, 2.45) is 0 Å². The molecule has 100 valence electrons. The van der Waals surface area contributed by atoms with Crippen molar-refractivity contribution in [3.8, 4) is 0 Å². The summed E-state index contributed by atoms with van der Waals surface area (Å²) in [4.78, 5) is 3.60. The van der Waals surface area contributed by atoms with Crippen molar-refractivity contribution in [3.05, 3.63) is 53.6 Å². The van der Waals surface area contributed by atoms with E-state index >= 15 is 0 Å². The number of thioether (sulfide) groups is 1. The van der Waals surface area contributed by atoms with Gasteiger partial charge in [0, 0.05) is 0 Å². The molecule has 2 radical (unpaired) electrons. The second-order valence-electron chi connectivity index (χ2n) is 4.44. The van der Waals surface area contributed by atoms with Gasteiger partial charge in [0.25, 0.3) is 9.84 Å². The zero-order chi connectivity index (χ0) is 13.9. The van der Waals surface area contributed by atoms with Gasteiger partial charge in [-0.05, 0) is 43.4 Å². The van der Waals surface area contributed by atoms with Gasteiger partial charge in [-0.15, -0.1) is 0 Å². The topological polar surface area (TPSA) is 38.5 Å². The zero-order valence-corrected chi connectivity index (χ0v) is 12.3. The van der Waals surface area contributed by atoms with E-state index in [1.807, 2.05) is 13.3 Å². The average molecular weight is 293 g/mol. The Morgan fingerprint density at radius 3 is 2.53 bits per heavy atom. The average Bonchev–Trinajstić information content (AvgIpc) is 2.41. The predicted molar refractivity (Wildman–Crippen MR) is 78.2 cm³/mol. The Morgan fingerprint density at radius 2 is 2.00 bits per heavy atom. The van der Waals surface area contributed by atoms with E-state index in [4.69, 9.17) is 6.57 Å². The van der Waals surface area contributed by atoms with Gasteiger partial charge in [0.2, 0.25) is 0 Å². The van der Waals surface area contributed by atoms with Gasteiger partial charge in [0.05, 0.1) is 10.8 Å². The second kappa shape index (κ2) is 5.98. The van der Waals surface area contributed by atoms with Crippen LogP contribution >= 0.6 is 11.8 Å². The molecule has 0 saturated carbocycles. The van der Waals surface area contributed by atoms with Crippen LogP contribution in [0.5, 0.6) is 0 Å². The van der Waals surface area contributed by atoms with Crippen molar-refractivity contribution in [1.29, 1.82) is 0 Å². The van der Waals surface area contributed by atoms with Crippen molar-refractivity contribution in [2.75, 3.05) is 11.5 Å². The van der Waals surface area contributed by atoms with Crippen molar-refractivity contribution in [1.82, 2.24) is 0 Å². The first-order valence-electron chi connectivity index (χ1n) is 5.99. The van der Waals surface area contributed by atoms with Gasteiger partial charge in [-0.25, -0.2) is 15.0 Å². The Balaban J connectivity index is 2.30. The van der Waals surface area contributed by atoms with Crippen LogP contribution in [0.2, 0.25) is 0 Å². The third kappa shape index (κ3) is 3.13. The molecule has 0 bridgehead atoms. The first-order valence-corrected chi connectivity index (χ1v) is 8.69. The summed E-state index contributed by atoms with van der Waals surface area (Å²) in [5.74, 6) is 2.43. The standard InChI is InChI=1S/C14H15NO2S2/c1-11-3-5-13(6-4-11)19(16,17)14(15-2)12-7-9-18-10-8-12/h3-7,14H,8-10H2,1H3. The molecular formula is C14H15NO2S2. The van der Waals surface area contributed by atoms with Gasteiger partial charge < -0.3 is 0 Å². The highest BCUT2D eigenvalue weighted by molar-refractivity contribution is 7.99. The summed E-state index contributed by atoms with van der Waals surface area (Å²) >= 11 is 1.76. The van der Waals surface area contributed by atoms with Crippen molar-refractivity contribution in [3.63, 3.8) is 0 Å². The maximum Gasteiger partial charge on any atom is 0.331 e. The molecule has 0 amide bonds. The maximum absolute atomic E-state index is 12.5. The van der Waals surface area contributed by atoms with E-state index in [0.29, 0.717) is 6.42 Å². The van der Waals surface area contributed by atoms with E-state index in [0.717, 1.165) is 23.0 Å². The van der Waals surface area contributed by atoms with Crippen molar-refractivity contribution >= 4 is 21.6 Å². The molecule has 3 nitrogen and oxygen atoms in total. The molecule has 1 aromatic rings. The monoisotopic (exact) mass is 293 g/mol. The van der Waals surface area contributed by atoms with E-state index in [2.05, 4.69) is 4.85 Å². The minimum Gasteiger partial charge on any atom is -0.295 e. The quantitative estimate of drug-likeness (QED) is 0.804. The Morgan fingerprint density at radius 1 is 1.32 bits per heavy atom. The fraction of sp³-hybridized carbons (Fsp3) is 0.357. The molecule has 0 N–H and O–H groups in total. The molecule has 5 heteroatoms. The van der Waals surface area contributed by atoms with Gasteiger partial charge in [-0.2, -0.15) is 11.8 Å². The van der Waals surface area contributed by atoms with Gasteiger partial charge >= 0.3 is 5.37 Å². The number of rotatable bonds is 3. The second-order valence-corrected chi connectivity index (χ2v) is 7.60. The van der Waals surface area contributed by atoms with E-state index in [-0.39, 0.29) is 4.90 Å². The molecule has 2 rings (SSSR count). The lowest BCUT2D eigenvalue weighted by atomic mass is 10.0. The molecule has 1 fully saturated rings. The first kappa shape index (κ1) is 14.4. The van der Waals surface area contributed by atoms with E-state index in [9.17, 15) is 8.42 Å². The fourth-order valence-corrected chi connectivity index (χ4v) is 4.38. The summed E-state index contributed by atoms with van der Waals surface area (Å²) < 4.78 is 25.0. The van der Waals surface area contributed by atoms with E-state index < -0.39 is 15.2 Å². The lowest BCUT2D eigenvalue weighted by molar-refractivity contribution is 0.587. The highest BCUT2D eigenvalue weighted by atomic mass is 32.2. The van der Waals surface area contributed by atoms with Crippen molar-refractivity contribution < 1.29 is 8.42 Å². The Bertz CT molecular complexity index is 566. The summed E-state index contributed by atoms with van der Waals surface area (Å²) in [5, 5.41) is -1.06. The molecule has 19 heavy (non-hydrogen) atoms. The Labute approximate surface area is 119 Å². The molecule has 1 atom stereocenters. The van der Waals surface area contributed by atoms with Gasteiger partial charge in [-0.1, -0.05) is 17.7 Å². The first-order chi connectivity index (χ1) is 9.05. The third-order valence-corrected chi connectivity index (χ3v) is 5.90. The number of sulfone groups is 1. The summed E-state index contributed by atoms with van der Waals surface area (Å²) in [6.07, 6.45) is 2.57. The zero-order valence-electron chi connectivity index (χ0n) is 10.7. The molecule has 0 aromatic heterocycles. The largest absolute Gasteiger partial charge is 0.331 e. The molecule has 1 heterocycles. The van der Waals surface area contributed by atoms with Crippen molar-refractivity contribution in [2.45, 2.75) is 23.6 Å². The molecule has 1 unspecified atom stereocenters. The minimum atomic E-state index is -3.60. The van der Waals surface area contributed by atoms with Crippen LogP contribution in [0.25, 0.3) is 4.85 Å². The van der Waals surface area contributed by atoms with Crippen LogP contribution in [0.3, 0.4) is 0 Å². The number of benzene rings is 1. The normalized spacial score (nSPS) is 18.7. The molecule has 0 aliphatic carbocycles. The summed E-state index contributed by atoms with van der Waals surface area (Å²) in [7, 11) is -3.60. The minimum absolute atomic E-state index is 0.234. The molecule has 1 aromatic carbocycles. The van der Waals surface area contributed by atoms with Crippen LogP contribution in [0.15, 0.2) is 29.2 Å². The summed E-state index contributed by atoms with van der Waals surface area (Å²) in [5.41, 5.74) is 1.01. The van der Waals surface area contributed by atoms with Gasteiger partial charge in [0.15, 0.2) is 0 Å². The SMILES string of the molecule is [C-]#[N+]C([C]1[CH]CSCC1)S(=O)(=O)c1ccc(C)cc1. The van der Waals surface area contributed by atoms with Crippen LogP contribution in [0, 0.1) is 25.8 Å². The molecule has 1 aliphatic rings. The number of hydrogen-bond acceptors (Lipinski definition) is 3. The van der Waals surface area contributed by atoms with E-state index in [1.54, 1.807) is 36.0 Å². The van der Waals surface area contributed by atoms with Crippen LogP contribution in [-0.2, 0) is 9.84 Å². The Hall–Kier alpha value is -0.990. The molecular weight excluding hydrogens is 278 g/mol. The number of hydrogen-bond donors (Lipinski definition) is 0. The lowest BCUT2D eigenvalue weighted by Gasteiger charge is -2.21. The number of nitrogens with zero attached hydrogens (tertiary/aromatic N) is 1. The third-order valence-electron chi connectivity index (χ3n) is 3.08. The summed E-state index contributed by atoms with van der Waals surface area (Å²) in [6.45, 7) is 9.15. The summed E-state index contributed by atoms with van der Waals surface area (Å²) in [6, 6.07) is 6.69. The van der Waals surface area contributed by atoms with Gasteiger partial charge in [-0.3, -0.25) is 4.85 Å². The molecule has 1 saturated heterocycles. The number of aryl methyl sites for hydroxylation is 1. The van der Waals surface area contributed by atoms with Crippen LogP contribution in [0.1, 0.15) is 12.0 Å². The maximum atomic E-state index is 12.5. The smallest absolute Gasteiger partial charge is 0.295 e. The fourth-order valence-electron chi connectivity index (χ4n) is 1.97. The van der Waals surface area contributed by atoms with E-state index in [1.165, 1.54) is 0 Å². The highest BCUT2D eigenvalue weighted by Gasteiger charge is 2.41. The predicted octanol–water partition coefficient (Wildman–Crippen LogP) is 2.93.